The lowest BCUT2D eigenvalue weighted by Gasteiger charge is -2.50. The van der Waals surface area contributed by atoms with Gasteiger partial charge in [0.05, 0.1) is 27.8 Å². The fourth-order valence-corrected chi connectivity index (χ4v) is 17.4. The van der Waals surface area contributed by atoms with Crippen LogP contribution in [0.5, 0.6) is 0 Å². The molecule has 2 atom stereocenters. The van der Waals surface area contributed by atoms with Gasteiger partial charge >= 0.3 is 0 Å². The lowest BCUT2D eigenvalue weighted by atomic mass is 9.61. The van der Waals surface area contributed by atoms with Crippen molar-refractivity contribution in [1.82, 2.24) is 9.13 Å². The van der Waals surface area contributed by atoms with E-state index in [1.165, 1.54) is 113 Å². The summed E-state index contributed by atoms with van der Waals surface area (Å²) in [5.41, 5.74) is 12.7. The number of anilines is 2. The minimum Gasteiger partial charge on any atom is -0.334 e. The summed E-state index contributed by atoms with van der Waals surface area (Å²) in [6.07, 6.45) is 7.15. The summed E-state index contributed by atoms with van der Waals surface area (Å²) in [4.78, 5) is 2.72. The quantitative estimate of drug-likeness (QED) is 0.115. The Morgan fingerprint density at radius 1 is 0.469 bits per heavy atom. The van der Waals surface area contributed by atoms with E-state index in [1.54, 1.807) is 0 Å². The zero-order valence-electron chi connectivity index (χ0n) is 37.2. The third kappa shape index (κ3) is 5.51. The van der Waals surface area contributed by atoms with Crippen LogP contribution in [0.2, 0.25) is 0 Å². The van der Waals surface area contributed by atoms with Crippen molar-refractivity contribution in [2.24, 2.45) is 0 Å². The van der Waals surface area contributed by atoms with Crippen LogP contribution in [0.3, 0.4) is 0 Å². The Morgan fingerprint density at radius 2 is 1.08 bits per heavy atom. The third-order valence-corrected chi connectivity index (χ3v) is 20.3. The molecule has 64 heavy (non-hydrogen) atoms. The minimum atomic E-state index is -2.75. The molecule has 0 radical (unpaired) electrons. The Hall–Kier alpha value is -6.88. The molecule has 0 bridgehead atoms. The molecular formula is C60H53N3Si. The van der Waals surface area contributed by atoms with Crippen LogP contribution in [0.4, 0.5) is 11.4 Å². The lowest BCUT2D eigenvalue weighted by Crippen LogP contribution is -2.74. The van der Waals surface area contributed by atoms with Gasteiger partial charge < -0.3 is 14.0 Å². The van der Waals surface area contributed by atoms with Crippen molar-refractivity contribution in [3.05, 3.63) is 217 Å². The van der Waals surface area contributed by atoms with Crippen LogP contribution in [0.15, 0.2) is 200 Å². The van der Waals surface area contributed by atoms with Crippen LogP contribution in [0.25, 0.3) is 44.1 Å². The second-order valence-corrected chi connectivity index (χ2v) is 22.8. The standard InChI is InChI=1S/C60H53N3Si/c1-42-38-43(2)40-50(39-42)64(47-19-7-5-8-20-47,48-21-9-6-10-22-48)49-31-28-45(29-32-49)62-54-33-30-46(63-55-25-14-12-23-52(55)59(3)35-15-16-36-60(59,63)4)41-51(54)58-56(26-17-27-57(58)62)61-37-34-44-18-11-13-24-53(44)61/h5-14,17-34,37-41H,15-16,35-36H2,1-4H3. The van der Waals surface area contributed by atoms with E-state index in [4.69, 9.17) is 0 Å². The van der Waals surface area contributed by atoms with Gasteiger partial charge in [0.15, 0.2) is 8.07 Å². The topological polar surface area (TPSA) is 13.1 Å². The van der Waals surface area contributed by atoms with E-state index in [1.807, 2.05) is 0 Å². The number of para-hydroxylation sites is 2. The van der Waals surface area contributed by atoms with Crippen molar-refractivity contribution in [3.63, 3.8) is 0 Å². The summed E-state index contributed by atoms with van der Waals surface area (Å²) >= 11 is 0. The third-order valence-electron chi connectivity index (χ3n) is 15.5. The average molecular weight is 844 g/mol. The van der Waals surface area contributed by atoms with Crippen LogP contribution < -0.4 is 25.6 Å². The minimum absolute atomic E-state index is 0.0278. The van der Waals surface area contributed by atoms with E-state index >= 15 is 0 Å². The molecule has 1 saturated carbocycles. The molecule has 3 heterocycles. The highest BCUT2D eigenvalue weighted by Gasteiger charge is 2.57. The molecule has 0 amide bonds. The normalized spacial score (nSPS) is 18.5. The molecule has 2 unspecified atom stereocenters. The molecule has 8 aromatic carbocycles. The van der Waals surface area contributed by atoms with Gasteiger partial charge in [-0.1, -0.05) is 164 Å². The van der Waals surface area contributed by atoms with E-state index in [-0.39, 0.29) is 11.0 Å². The Bertz CT molecular complexity index is 3340. The predicted molar refractivity (Wildman–Crippen MR) is 274 cm³/mol. The summed E-state index contributed by atoms with van der Waals surface area (Å²) < 4.78 is 4.91. The number of hydrogen-bond acceptors (Lipinski definition) is 1. The summed E-state index contributed by atoms with van der Waals surface area (Å²) in [5.74, 6) is 0. The maximum absolute atomic E-state index is 2.75. The van der Waals surface area contributed by atoms with Gasteiger partial charge in [-0.05, 0) is 126 Å². The van der Waals surface area contributed by atoms with Gasteiger partial charge in [0, 0.05) is 39.4 Å². The molecular weight excluding hydrogens is 791 g/mol. The largest absolute Gasteiger partial charge is 0.334 e. The van der Waals surface area contributed by atoms with Crippen LogP contribution in [0, 0.1) is 13.8 Å². The van der Waals surface area contributed by atoms with Crippen molar-refractivity contribution in [3.8, 4) is 11.4 Å². The lowest BCUT2D eigenvalue weighted by molar-refractivity contribution is 0.195. The molecule has 1 fully saturated rings. The van der Waals surface area contributed by atoms with E-state index in [0.29, 0.717) is 0 Å². The highest BCUT2D eigenvalue weighted by Crippen LogP contribution is 2.61. The fourth-order valence-electron chi connectivity index (χ4n) is 12.5. The molecule has 0 N–H and O–H groups in total. The number of benzene rings is 8. The van der Waals surface area contributed by atoms with Gasteiger partial charge in [-0.15, -0.1) is 0 Å². The van der Waals surface area contributed by atoms with Crippen LogP contribution >= 0.6 is 0 Å². The first-order valence-electron chi connectivity index (χ1n) is 23.1. The van der Waals surface area contributed by atoms with Gasteiger partial charge in [-0.2, -0.15) is 0 Å². The SMILES string of the molecule is Cc1cc(C)cc([Si](c2ccccc2)(c2ccccc2)c2ccc(-n3c4ccc(N5c6ccccc6C6(C)CCCCC56C)cc4c4c(-n5ccc6ccccc65)cccc43)cc2)c1. The smallest absolute Gasteiger partial charge is 0.179 e. The fraction of sp³-hybridized carbons (Fsp3) is 0.167. The summed E-state index contributed by atoms with van der Waals surface area (Å²) in [7, 11) is -2.75. The first kappa shape index (κ1) is 38.8. The summed E-state index contributed by atoms with van der Waals surface area (Å²) in [6.45, 7) is 9.54. The Morgan fingerprint density at radius 3 is 1.83 bits per heavy atom. The zero-order chi connectivity index (χ0) is 43.2. The highest BCUT2D eigenvalue weighted by atomic mass is 28.3. The maximum Gasteiger partial charge on any atom is 0.179 e. The second-order valence-electron chi connectivity index (χ2n) is 19.0. The van der Waals surface area contributed by atoms with Crippen LogP contribution in [-0.4, -0.2) is 22.7 Å². The average Bonchev–Trinajstić information content (AvgIpc) is 3.97. The molecule has 312 valence electrons. The molecule has 0 saturated heterocycles. The number of fused-ring (bicyclic) bond motifs is 7. The van der Waals surface area contributed by atoms with Gasteiger partial charge in [0.1, 0.15) is 0 Å². The summed E-state index contributed by atoms with van der Waals surface area (Å²) in [6, 6.07) is 73.9. The molecule has 2 aliphatic rings. The van der Waals surface area contributed by atoms with Crippen molar-refractivity contribution in [1.29, 1.82) is 0 Å². The molecule has 3 nitrogen and oxygen atoms in total. The molecule has 12 rings (SSSR count). The molecule has 1 aliphatic carbocycles. The van der Waals surface area contributed by atoms with Crippen molar-refractivity contribution in [2.75, 3.05) is 4.90 Å². The first-order valence-corrected chi connectivity index (χ1v) is 25.1. The Labute approximate surface area is 377 Å². The van der Waals surface area contributed by atoms with Gasteiger partial charge in [-0.3, -0.25) is 0 Å². The van der Waals surface area contributed by atoms with Gasteiger partial charge in [0.2, 0.25) is 0 Å². The summed E-state index contributed by atoms with van der Waals surface area (Å²) in [5, 5.41) is 9.33. The molecule has 2 aromatic heterocycles. The number of aryl methyl sites for hydroxylation is 2. The molecule has 0 spiro atoms. The van der Waals surface area contributed by atoms with Crippen LogP contribution in [-0.2, 0) is 5.41 Å². The van der Waals surface area contributed by atoms with Gasteiger partial charge in [0.25, 0.3) is 0 Å². The number of nitrogens with zero attached hydrogens (tertiary/aromatic N) is 3. The first-order chi connectivity index (χ1) is 31.3. The van der Waals surface area contributed by atoms with Crippen molar-refractivity contribution < 1.29 is 0 Å². The molecule has 10 aromatic rings. The van der Waals surface area contributed by atoms with Gasteiger partial charge in [-0.25, -0.2) is 0 Å². The van der Waals surface area contributed by atoms with Crippen molar-refractivity contribution in [2.45, 2.75) is 64.3 Å². The monoisotopic (exact) mass is 843 g/mol. The number of hydrogen-bond donors (Lipinski definition) is 0. The van der Waals surface area contributed by atoms with E-state index in [9.17, 15) is 0 Å². The van der Waals surface area contributed by atoms with Crippen molar-refractivity contribution >= 4 is 72.9 Å². The molecule has 1 aliphatic heterocycles. The second kappa shape index (κ2) is 14.6. The zero-order valence-corrected chi connectivity index (χ0v) is 38.2. The van der Waals surface area contributed by atoms with E-state index < -0.39 is 8.07 Å². The predicted octanol–water partition coefficient (Wildman–Crippen LogP) is 12.5. The Kier molecular flexibility index (Phi) is 8.83. The number of aromatic nitrogens is 2. The van der Waals surface area contributed by atoms with Crippen LogP contribution in [0.1, 0.15) is 56.2 Å². The van der Waals surface area contributed by atoms with E-state index in [2.05, 4.69) is 242 Å². The van der Waals surface area contributed by atoms with E-state index in [0.717, 1.165) is 5.69 Å². The maximum atomic E-state index is 2.72. The number of rotatable bonds is 7. The highest BCUT2D eigenvalue weighted by molar-refractivity contribution is 7.19. The Balaban J connectivity index is 1.10. The molecule has 4 heteroatoms.